The first-order valence-corrected chi connectivity index (χ1v) is 9.66. The van der Waals surface area contributed by atoms with Crippen molar-refractivity contribution in [1.82, 2.24) is 10.1 Å². The zero-order valence-corrected chi connectivity index (χ0v) is 15.9. The van der Waals surface area contributed by atoms with E-state index in [1.54, 1.807) is 25.1 Å². The molecule has 4 nitrogen and oxygen atoms in total. The number of likely N-dealkylation sites (tertiary alicyclic amines) is 1. The molecule has 0 N–H and O–H groups in total. The Morgan fingerprint density at radius 3 is 2.61 bits per heavy atom. The molecule has 0 unspecified atom stereocenters. The molecule has 28 heavy (non-hydrogen) atoms. The summed E-state index contributed by atoms with van der Waals surface area (Å²) in [5.41, 5.74) is 2.77. The van der Waals surface area contributed by atoms with Gasteiger partial charge in [-0.05, 0) is 49.3 Å². The van der Waals surface area contributed by atoms with E-state index in [-0.39, 0.29) is 17.4 Å². The van der Waals surface area contributed by atoms with Crippen LogP contribution in [0.25, 0.3) is 11.3 Å². The normalized spacial score (nSPS) is 15.0. The van der Waals surface area contributed by atoms with E-state index in [0.717, 1.165) is 32.4 Å². The van der Waals surface area contributed by atoms with Crippen molar-refractivity contribution in [2.75, 3.05) is 13.1 Å². The molecule has 2 heterocycles. The molecule has 2 aromatic carbocycles. The van der Waals surface area contributed by atoms with Crippen molar-refractivity contribution < 1.29 is 13.7 Å². The van der Waals surface area contributed by atoms with E-state index in [1.807, 2.05) is 11.0 Å². The van der Waals surface area contributed by atoms with Gasteiger partial charge < -0.3 is 9.42 Å². The van der Waals surface area contributed by atoms with E-state index >= 15 is 0 Å². The first kappa shape index (κ1) is 18.4. The van der Waals surface area contributed by atoms with Crippen LogP contribution in [0.2, 0.25) is 0 Å². The van der Waals surface area contributed by atoms with E-state index in [0.29, 0.717) is 22.8 Å². The fourth-order valence-corrected chi connectivity index (χ4v) is 3.71. The van der Waals surface area contributed by atoms with Crippen LogP contribution in [0.5, 0.6) is 0 Å². The number of carbonyl (C=O) groups is 1. The number of rotatable bonds is 4. The van der Waals surface area contributed by atoms with Gasteiger partial charge in [0.15, 0.2) is 11.5 Å². The van der Waals surface area contributed by atoms with Gasteiger partial charge in [-0.2, -0.15) is 0 Å². The van der Waals surface area contributed by atoms with Crippen molar-refractivity contribution in [3.05, 3.63) is 77.2 Å². The SMILES string of the molecule is Cc1ccc(-c2cc(C(=O)N3CCC(Cc4ccccc4)CC3)no2)cc1F. The summed E-state index contributed by atoms with van der Waals surface area (Å²) in [5, 5.41) is 3.92. The quantitative estimate of drug-likeness (QED) is 0.650. The Kier molecular flexibility index (Phi) is 5.24. The Bertz CT molecular complexity index is 960. The van der Waals surface area contributed by atoms with Crippen molar-refractivity contribution in [1.29, 1.82) is 0 Å². The molecule has 1 aliphatic rings. The number of aryl methyl sites for hydroxylation is 1. The molecular weight excluding hydrogens is 355 g/mol. The van der Waals surface area contributed by atoms with E-state index in [2.05, 4.69) is 29.4 Å². The zero-order chi connectivity index (χ0) is 19.5. The van der Waals surface area contributed by atoms with Crippen LogP contribution < -0.4 is 0 Å². The van der Waals surface area contributed by atoms with Gasteiger partial charge >= 0.3 is 0 Å². The summed E-state index contributed by atoms with van der Waals surface area (Å²) in [6.07, 6.45) is 3.01. The molecular formula is C23H23FN2O2. The van der Waals surface area contributed by atoms with Gasteiger partial charge in [0.25, 0.3) is 5.91 Å². The highest BCUT2D eigenvalue weighted by molar-refractivity contribution is 5.93. The maximum atomic E-state index is 13.8. The monoisotopic (exact) mass is 378 g/mol. The lowest BCUT2D eigenvalue weighted by molar-refractivity contribution is 0.0680. The Hall–Kier alpha value is -2.95. The number of aromatic nitrogens is 1. The Morgan fingerprint density at radius 2 is 1.89 bits per heavy atom. The topological polar surface area (TPSA) is 46.3 Å². The lowest BCUT2D eigenvalue weighted by Crippen LogP contribution is -2.39. The molecule has 0 saturated carbocycles. The third kappa shape index (κ3) is 3.98. The maximum absolute atomic E-state index is 13.8. The predicted molar refractivity (Wildman–Crippen MR) is 105 cm³/mol. The number of benzene rings is 2. The van der Waals surface area contributed by atoms with Crippen LogP contribution in [0.1, 0.15) is 34.5 Å². The minimum atomic E-state index is -0.303. The molecule has 5 heteroatoms. The lowest BCUT2D eigenvalue weighted by Gasteiger charge is -2.31. The number of piperidine rings is 1. The zero-order valence-electron chi connectivity index (χ0n) is 15.9. The molecule has 0 radical (unpaired) electrons. The third-order valence-corrected chi connectivity index (χ3v) is 5.45. The highest BCUT2D eigenvalue weighted by Crippen LogP contribution is 2.25. The van der Waals surface area contributed by atoms with Crippen molar-refractivity contribution in [3.8, 4) is 11.3 Å². The highest BCUT2D eigenvalue weighted by Gasteiger charge is 2.26. The van der Waals surface area contributed by atoms with E-state index in [1.165, 1.54) is 11.6 Å². The van der Waals surface area contributed by atoms with E-state index < -0.39 is 0 Å². The van der Waals surface area contributed by atoms with Crippen molar-refractivity contribution >= 4 is 5.91 Å². The number of hydrogen-bond donors (Lipinski definition) is 0. The molecule has 1 fully saturated rings. The van der Waals surface area contributed by atoms with Crippen LogP contribution in [-0.4, -0.2) is 29.1 Å². The second kappa shape index (κ2) is 7.97. The molecule has 3 aromatic rings. The molecule has 1 aliphatic heterocycles. The Morgan fingerprint density at radius 1 is 1.14 bits per heavy atom. The molecule has 1 aromatic heterocycles. The van der Waals surface area contributed by atoms with Gasteiger partial charge in [-0.1, -0.05) is 47.6 Å². The summed E-state index contributed by atoms with van der Waals surface area (Å²) in [6.45, 7) is 3.14. The minimum Gasteiger partial charge on any atom is -0.355 e. The Balaban J connectivity index is 1.38. The van der Waals surface area contributed by atoms with Crippen molar-refractivity contribution in [2.24, 2.45) is 5.92 Å². The van der Waals surface area contributed by atoms with Crippen LogP contribution in [0.4, 0.5) is 4.39 Å². The van der Waals surface area contributed by atoms with Gasteiger partial charge in [-0.3, -0.25) is 4.79 Å². The molecule has 1 amide bonds. The van der Waals surface area contributed by atoms with Crippen LogP contribution in [-0.2, 0) is 6.42 Å². The maximum Gasteiger partial charge on any atom is 0.276 e. The smallest absolute Gasteiger partial charge is 0.276 e. The molecule has 1 saturated heterocycles. The summed E-state index contributed by atoms with van der Waals surface area (Å²) >= 11 is 0. The number of carbonyl (C=O) groups excluding carboxylic acids is 1. The molecule has 0 atom stereocenters. The van der Waals surface area contributed by atoms with Crippen molar-refractivity contribution in [3.63, 3.8) is 0 Å². The van der Waals surface area contributed by atoms with Gasteiger partial charge in [0.05, 0.1) is 0 Å². The van der Waals surface area contributed by atoms with E-state index in [9.17, 15) is 9.18 Å². The number of hydrogen-bond acceptors (Lipinski definition) is 3. The average Bonchev–Trinajstić information content (AvgIpc) is 3.21. The molecule has 0 spiro atoms. The average molecular weight is 378 g/mol. The molecule has 0 bridgehead atoms. The molecule has 4 rings (SSSR count). The standard InChI is InChI=1S/C23H23FN2O2/c1-16-7-8-19(14-20(16)24)22-15-21(25-28-22)23(27)26-11-9-18(10-12-26)13-17-5-3-2-4-6-17/h2-8,14-15,18H,9-13H2,1H3. The van der Waals surface area contributed by atoms with Crippen LogP contribution in [0.15, 0.2) is 59.1 Å². The number of nitrogens with zero attached hydrogens (tertiary/aromatic N) is 2. The van der Waals surface area contributed by atoms with Crippen LogP contribution >= 0.6 is 0 Å². The summed E-state index contributed by atoms with van der Waals surface area (Å²) in [4.78, 5) is 14.6. The summed E-state index contributed by atoms with van der Waals surface area (Å²) in [7, 11) is 0. The summed E-state index contributed by atoms with van der Waals surface area (Å²) in [5.74, 6) is 0.569. The van der Waals surface area contributed by atoms with Gasteiger partial charge in [0.1, 0.15) is 5.82 Å². The van der Waals surface area contributed by atoms with Gasteiger partial charge in [-0.25, -0.2) is 4.39 Å². The second-order valence-corrected chi connectivity index (χ2v) is 7.47. The van der Waals surface area contributed by atoms with Gasteiger partial charge in [0.2, 0.25) is 0 Å². The second-order valence-electron chi connectivity index (χ2n) is 7.47. The van der Waals surface area contributed by atoms with Gasteiger partial charge in [0, 0.05) is 24.7 Å². The Labute approximate surface area is 164 Å². The fraction of sp³-hybridized carbons (Fsp3) is 0.304. The van der Waals surface area contributed by atoms with Gasteiger partial charge in [-0.15, -0.1) is 0 Å². The first-order chi connectivity index (χ1) is 13.6. The summed E-state index contributed by atoms with van der Waals surface area (Å²) < 4.78 is 19.1. The predicted octanol–water partition coefficient (Wildman–Crippen LogP) is 4.88. The van der Waals surface area contributed by atoms with Crippen molar-refractivity contribution in [2.45, 2.75) is 26.2 Å². The number of halogens is 1. The van der Waals surface area contributed by atoms with Crippen LogP contribution in [0.3, 0.4) is 0 Å². The first-order valence-electron chi connectivity index (χ1n) is 9.66. The fourth-order valence-electron chi connectivity index (χ4n) is 3.71. The van der Waals surface area contributed by atoms with Crippen LogP contribution in [0, 0.1) is 18.7 Å². The van der Waals surface area contributed by atoms with E-state index in [4.69, 9.17) is 4.52 Å². The molecule has 144 valence electrons. The summed E-state index contributed by atoms with van der Waals surface area (Å²) in [6, 6.07) is 16.9. The third-order valence-electron chi connectivity index (χ3n) is 5.45. The molecule has 0 aliphatic carbocycles. The highest BCUT2D eigenvalue weighted by atomic mass is 19.1. The number of amides is 1. The minimum absolute atomic E-state index is 0.124. The lowest BCUT2D eigenvalue weighted by atomic mass is 9.90. The largest absolute Gasteiger partial charge is 0.355 e.